The summed E-state index contributed by atoms with van der Waals surface area (Å²) >= 11 is 0. The van der Waals surface area contributed by atoms with E-state index in [9.17, 15) is 9.59 Å². The molecule has 2 aromatic rings. The molecule has 0 aliphatic rings. The minimum Gasteiger partial charge on any atom is -0.446 e. The van der Waals surface area contributed by atoms with Crippen LogP contribution in [0.3, 0.4) is 0 Å². The van der Waals surface area contributed by atoms with Crippen LogP contribution in [0.25, 0.3) is 0 Å². The summed E-state index contributed by atoms with van der Waals surface area (Å²) in [5, 5.41) is 5.75. The molecule has 0 saturated carbocycles. The van der Waals surface area contributed by atoms with Crippen LogP contribution >= 0.6 is 0 Å². The zero-order chi connectivity index (χ0) is 24.1. The van der Waals surface area contributed by atoms with Crippen LogP contribution < -0.4 is 10.6 Å². The lowest BCUT2D eigenvalue weighted by Crippen LogP contribution is -2.36. The number of oxazole rings is 1. The number of ether oxygens (including phenoxy) is 2. The number of nitrogens with one attached hydrogen (secondary N) is 2. The molecule has 0 aliphatic heterocycles. The number of rotatable bonds is 14. The maximum Gasteiger partial charge on any atom is 0.322 e. The van der Waals surface area contributed by atoms with Gasteiger partial charge in [0.1, 0.15) is 6.26 Å². The van der Waals surface area contributed by atoms with E-state index in [1.54, 1.807) is 4.90 Å². The molecule has 1 aromatic carbocycles. The topological polar surface area (TPSA) is 106 Å². The second kappa shape index (κ2) is 14.3. The molecule has 1 aromatic heterocycles. The highest BCUT2D eigenvalue weighted by Crippen LogP contribution is 2.17. The number of carbonyl (C=O) groups excluding carboxylic acids is 2. The Hall–Kier alpha value is -2.91. The Morgan fingerprint density at radius 1 is 1.09 bits per heavy atom. The highest BCUT2D eigenvalue weighted by atomic mass is 16.5. The predicted molar refractivity (Wildman–Crippen MR) is 126 cm³/mol. The molecule has 0 unspecified atom stereocenters. The molecule has 0 bridgehead atoms. The third-order valence-electron chi connectivity index (χ3n) is 4.90. The van der Waals surface area contributed by atoms with Crippen molar-refractivity contribution >= 4 is 17.6 Å². The van der Waals surface area contributed by atoms with Crippen LogP contribution in [0.5, 0.6) is 0 Å². The number of amides is 3. The summed E-state index contributed by atoms with van der Waals surface area (Å²) < 4.78 is 16.1. The van der Waals surface area contributed by atoms with Gasteiger partial charge in [0.25, 0.3) is 5.91 Å². The van der Waals surface area contributed by atoms with Gasteiger partial charge in [-0.15, -0.1) is 0 Å². The summed E-state index contributed by atoms with van der Waals surface area (Å²) in [4.78, 5) is 31.1. The normalized spacial score (nSPS) is 10.8. The quantitative estimate of drug-likeness (QED) is 0.414. The first-order chi connectivity index (χ1) is 15.9. The first kappa shape index (κ1) is 26.3. The highest BCUT2D eigenvalue weighted by Gasteiger charge is 2.19. The Morgan fingerprint density at radius 2 is 1.82 bits per heavy atom. The number of aromatic nitrogens is 1. The van der Waals surface area contributed by atoms with Gasteiger partial charge in [-0.25, -0.2) is 9.78 Å². The highest BCUT2D eigenvalue weighted by molar-refractivity contribution is 5.92. The summed E-state index contributed by atoms with van der Waals surface area (Å²) in [5.74, 6) is -0.0224. The van der Waals surface area contributed by atoms with Crippen LogP contribution in [0, 0.1) is 13.8 Å². The van der Waals surface area contributed by atoms with Gasteiger partial charge < -0.3 is 29.4 Å². The maximum absolute atomic E-state index is 13.0. The van der Waals surface area contributed by atoms with E-state index < -0.39 is 0 Å². The Morgan fingerprint density at radius 3 is 2.52 bits per heavy atom. The molecule has 0 fully saturated rings. The van der Waals surface area contributed by atoms with E-state index in [-0.39, 0.29) is 24.2 Å². The number of hydrogen-bond donors (Lipinski definition) is 2. The maximum atomic E-state index is 13.0. The van der Waals surface area contributed by atoms with Gasteiger partial charge in [-0.05, 0) is 52.2 Å². The fourth-order valence-electron chi connectivity index (χ4n) is 3.16. The molecule has 0 spiro atoms. The molecule has 0 atom stereocenters. The van der Waals surface area contributed by atoms with Gasteiger partial charge in [0.05, 0.1) is 6.54 Å². The molecule has 3 amide bonds. The van der Waals surface area contributed by atoms with Gasteiger partial charge in [-0.3, -0.25) is 4.79 Å². The molecule has 0 saturated heterocycles. The first-order valence-electron chi connectivity index (χ1n) is 11.5. The summed E-state index contributed by atoms with van der Waals surface area (Å²) in [7, 11) is 0. The minimum atomic E-state index is -0.316. The molecule has 33 heavy (non-hydrogen) atoms. The number of aryl methyl sites for hydroxylation is 2. The van der Waals surface area contributed by atoms with Crippen molar-refractivity contribution in [2.45, 2.75) is 47.1 Å². The number of nitrogens with zero attached hydrogens (tertiary/aromatic N) is 2. The summed E-state index contributed by atoms with van der Waals surface area (Å²) in [6.45, 7) is 11.3. The Labute approximate surface area is 195 Å². The standard InChI is InChI=1S/C24H36N4O5/c1-5-31-13-7-11-25-23(29)21-17-33-22(26-21)16-28(12-8-14-32-6-2)24(30)27-20-10-9-18(3)15-19(20)4/h9-10,15,17H,5-8,11-14,16H2,1-4H3,(H,25,29)(H,27,30). The van der Waals surface area contributed by atoms with Crippen molar-refractivity contribution in [3.63, 3.8) is 0 Å². The third kappa shape index (κ3) is 9.23. The molecule has 2 rings (SSSR count). The van der Waals surface area contributed by atoms with Crippen LogP contribution in [0.4, 0.5) is 10.5 Å². The van der Waals surface area contributed by atoms with E-state index in [1.165, 1.54) is 6.26 Å². The van der Waals surface area contributed by atoms with E-state index in [0.717, 1.165) is 23.2 Å². The Bertz CT molecular complexity index is 883. The minimum absolute atomic E-state index is 0.139. The van der Waals surface area contributed by atoms with Gasteiger partial charge in [0.2, 0.25) is 5.89 Å². The second-order valence-corrected chi connectivity index (χ2v) is 7.65. The smallest absolute Gasteiger partial charge is 0.322 e. The van der Waals surface area contributed by atoms with Crippen molar-refractivity contribution in [1.82, 2.24) is 15.2 Å². The number of hydrogen-bond acceptors (Lipinski definition) is 6. The van der Waals surface area contributed by atoms with Crippen molar-refractivity contribution in [2.24, 2.45) is 0 Å². The van der Waals surface area contributed by atoms with Crippen LogP contribution in [0.1, 0.15) is 54.2 Å². The zero-order valence-corrected chi connectivity index (χ0v) is 20.1. The van der Waals surface area contributed by atoms with Crippen molar-refractivity contribution in [3.8, 4) is 0 Å². The molecule has 1 heterocycles. The molecule has 9 nitrogen and oxygen atoms in total. The number of carbonyl (C=O) groups is 2. The van der Waals surface area contributed by atoms with E-state index in [4.69, 9.17) is 13.9 Å². The average molecular weight is 461 g/mol. The van der Waals surface area contributed by atoms with Gasteiger partial charge in [-0.2, -0.15) is 0 Å². The molecule has 9 heteroatoms. The van der Waals surface area contributed by atoms with E-state index in [2.05, 4.69) is 15.6 Å². The van der Waals surface area contributed by atoms with Gasteiger partial charge in [0, 0.05) is 45.2 Å². The number of anilines is 1. The lowest BCUT2D eigenvalue weighted by atomic mass is 10.1. The van der Waals surface area contributed by atoms with Crippen molar-refractivity contribution in [1.29, 1.82) is 0 Å². The van der Waals surface area contributed by atoms with Crippen molar-refractivity contribution < 1.29 is 23.5 Å². The number of urea groups is 1. The van der Waals surface area contributed by atoms with Crippen molar-refractivity contribution in [2.75, 3.05) is 44.8 Å². The van der Waals surface area contributed by atoms with Crippen LogP contribution in [0.15, 0.2) is 28.9 Å². The lowest BCUT2D eigenvalue weighted by Gasteiger charge is -2.22. The fourth-order valence-corrected chi connectivity index (χ4v) is 3.16. The predicted octanol–water partition coefficient (Wildman–Crippen LogP) is 3.91. The molecule has 0 radical (unpaired) electrons. The average Bonchev–Trinajstić information content (AvgIpc) is 3.26. The van der Waals surface area contributed by atoms with E-state index in [0.29, 0.717) is 51.8 Å². The first-order valence-corrected chi connectivity index (χ1v) is 11.5. The van der Waals surface area contributed by atoms with E-state index in [1.807, 2.05) is 45.9 Å². The summed E-state index contributed by atoms with van der Waals surface area (Å²) in [6, 6.07) is 5.59. The largest absolute Gasteiger partial charge is 0.446 e. The summed E-state index contributed by atoms with van der Waals surface area (Å²) in [5.41, 5.74) is 3.05. The zero-order valence-electron chi connectivity index (χ0n) is 20.1. The van der Waals surface area contributed by atoms with Crippen molar-refractivity contribution in [3.05, 3.63) is 47.2 Å². The van der Waals surface area contributed by atoms with Gasteiger partial charge >= 0.3 is 6.03 Å². The SMILES string of the molecule is CCOCCCNC(=O)c1coc(CN(CCCOCC)C(=O)Nc2ccc(C)cc2C)n1. The monoisotopic (exact) mass is 460 g/mol. The fraction of sp³-hybridized carbons (Fsp3) is 0.542. The van der Waals surface area contributed by atoms with Crippen LogP contribution in [-0.2, 0) is 16.0 Å². The molecular weight excluding hydrogens is 424 g/mol. The Kier molecular flexibility index (Phi) is 11.4. The lowest BCUT2D eigenvalue weighted by molar-refractivity contribution is 0.0939. The molecule has 0 aliphatic carbocycles. The van der Waals surface area contributed by atoms with Gasteiger partial charge in [-0.1, -0.05) is 17.7 Å². The number of benzene rings is 1. The molecule has 2 N–H and O–H groups in total. The summed E-state index contributed by atoms with van der Waals surface area (Å²) in [6.07, 6.45) is 2.70. The molecule has 182 valence electrons. The van der Waals surface area contributed by atoms with E-state index >= 15 is 0 Å². The van der Waals surface area contributed by atoms with Crippen LogP contribution in [-0.4, -0.2) is 61.3 Å². The molecular formula is C24H36N4O5. The Balaban J connectivity index is 1.99. The van der Waals surface area contributed by atoms with Gasteiger partial charge in [0.15, 0.2) is 5.69 Å². The second-order valence-electron chi connectivity index (χ2n) is 7.65. The van der Waals surface area contributed by atoms with Crippen LogP contribution in [0.2, 0.25) is 0 Å². The third-order valence-corrected chi connectivity index (χ3v) is 4.90.